The van der Waals surface area contributed by atoms with Crippen LogP contribution < -0.4 is 10.1 Å². The number of carbonyl (C=O) groups is 2. The van der Waals surface area contributed by atoms with Gasteiger partial charge in [0.15, 0.2) is 0 Å². The van der Waals surface area contributed by atoms with Crippen LogP contribution in [0, 0.1) is 19.8 Å². The molecule has 5 nitrogen and oxygen atoms in total. The molecule has 1 aliphatic heterocycles. The number of nitrogens with zero attached hydrogens (tertiary/aromatic N) is 1. The fourth-order valence-corrected chi connectivity index (χ4v) is 3.70. The zero-order valence-corrected chi connectivity index (χ0v) is 18.4. The van der Waals surface area contributed by atoms with Gasteiger partial charge in [0.2, 0.25) is 0 Å². The first-order chi connectivity index (χ1) is 14.3. The van der Waals surface area contributed by atoms with Gasteiger partial charge in [0.25, 0.3) is 11.8 Å². The van der Waals surface area contributed by atoms with Crippen molar-refractivity contribution in [2.75, 3.05) is 19.7 Å². The highest BCUT2D eigenvalue weighted by atomic mass is 16.5. The summed E-state index contributed by atoms with van der Waals surface area (Å²) in [6, 6.07) is 13.2. The van der Waals surface area contributed by atoms with Crippen molar-refractivity contribution >= 4 is 11.8 Å². The summed E-state index contributed by atoms with van der Waals surface area (Å²) in [6.45, 7) is 10.0. The zero-order valence-electron chi connectivity index (χ0n) is 18.4. The summed E-state index contributed by atoms with van der Waals surface area (Å²) >= 11 is 0. The Morgan fingerprint density at radius 3 is 2.43 bits per heavy atom. The fraction of sp³-hybridized carbons (Fsp3) is 0.440. The number of likely N-dealkylation sites (tertiary alicyclic amines) is 1. The number of aryl methyl sites for hydroxylation is 2. The Morgan fingerprint density at radius 1 is 1.07 bits per heavy atom. The minimum atomic E-state index is -0.0793. The maximum atomic E-state index is 12.9. The van der Waals surface area contributed by atoms with Crippen molar-refractivity contribution in [2.24, 2.45) is 5.92 Å². The van der Waals surface area contributed by atoms with Crippen molar-refractivity contribution in [2.45, 2.75) is 46.6 Å². The van der Waals surface area contributed by atoms with Crippen LogP contribution in [0.3, 0.4) is 0 Å². The Balaban J connectivity index is 1.54. The lowest BCUT2D eigenvalue weighted by Crippen LogP contribution is -2.41. The largest absolute Gasteiger partial charge is 0.493 e. The van der Waals surface area contributed by atoms with Gasteiger partial charge >= 0.3 is 0 Å². The Bertz CT molecular complexity index is 890. The quantitative estimate of drug-likeness (QED) is 0.772. The van der Waals surface area contributed by atoms with E-state index in [4.69, 9.17) is 4.74 Å². The number of benzene rings is 2. The van der Waals surface area contributed by atoms with Crippen molar-refractivity contribution in [3.8, 4) is 5.75 Å². The molecule has 0 aliphatic carbocycles. The molecule has 3 rings (SSSR count). The van der Waals surface area contributed by atoms with E-state index in [2.05, 4.69) is 12.2 Å². The van der Waals surface area contributed by atoms with E-state index >= 15 is 0 Å². The zero-order chi connectivity index (χ0) is 21.7. The van der Waals surface area contributed by atoms with E-state index in [0.29, 0.717) is 24.6 Å². The molecule has 1 saturated heterocycles. The molecule has 30 heavy (non-hydrogen) atoms. The number of hydrogen-bond acceptors (Lipinski definition) is 3. The molecule has 0 saturated carbocycles. The van der Waals surface area contributed by atoms with E-state index < -0.39 is 0 Å². The van der Waals surface area contributed by atoms with Gasteiger partial charge in [-0.2, -0.15) is 0 Å². The van der Waals surface area contributed by atoms with E-state index in [-0.39, 0.29) is 17.9 Å². The van der Waals surface area contributed by atoms with E-state index in [9.17, 15) is 9.59 Å². The van der Waals surface area contributed by atoms with Crippen LogP contribution in [0.15, 0.2) is 42.5 Å². The third-order valence-corrected chi connectivity index (χ3v) is 5.58. The third-order valence-electron chi connectivity index (χ3n) is 5.58. The van der Waals surface area contributed by atoms with E-state index in [1.165, 1.54) is 5.56 Å². The van der Waals surface area contributed by atoms with Gasteiger partial charge in [0.1, 0.15) is 5.75 Å². The van der Waals surface area contributed by atoms with Crippen LogP contribution in [0.1, 0.15) is 58.5 Å². The smallest absolute Gasteiger partial charge is 0.253 e. The van der Waals surface area contributed by atoms with Gasteiger partial charge in [0, 0.05) is 36.2 Å². The van der Waals surface area contributed by atoms with Crippen molar-refractivity contribution in [1.82, 2.24) is 10.2 Å². The highest BCUT2D eigenvalue weighted by Crippen LogP contribution is 2.21. The molecule has 1 atom stereocenters. The standard InChI is InChI=1S/C25H32N2O3/c1-17(2)26-24(28)21-9-11-23(12-10-21)30-16-20-6-5-13-27(15-20)25(29)22-8-7-18(3)19(4)14-22/h7-12,14,17,20H,5-6,13,15-16H2,1-4H3,(H,26,28)/t20-/m1/s1. The summed E-state index contributed by atoms with van der Waals surface area (Å²) in [5.41, 5.74) is 3.72. The average Bonchev–Trinajstić information content (AvgIpc) is 2.74. The molecule has 0 radical (unpaired) electrons. The highest BCUT2D eigenvalue weighted by molar-refractivity contribution is 5.95. The first kappa shape index (κ1) is 21.9. The van der Waals surface area contributed by atoms with Gasteiger partial charge in [-0.1, -0.05) is 6.07 Å². The minimum Gasteiger partial charge on any atom is -0.493 e. The predicted octanol–water partition coefficient (Wildman–Crippen LogP) is 4.37. The second-order valence-corrected chi connectivity index (χ2v) is 8.52. The van der Waals surface area contributed by atoms with Gasteiger partial charge in [-0.25, -0.2) is 0 Å². The van der Waals surface area contributed by atoms with Crippen molar-refractivity contribution in [1.29, 1.82) is 0 Å². The molecule has 1 N–H and O–H groups in total. The summed E-state index contributed by atoms with van der Waals surface area (Å²) in [6.07, 6.45) is 2.03. The molecule has 0 bridgehead atoms. The van der Waals surface area contributed by atoms with Crippen LogP contribution >= 0.6 is 0 Å². The molecule has 1 fully saturated rings. The topological polar surface area (TPSA) is 58.6 Å². The second kappa shape index (κ2) is 9.79. The molecule has 1 heterocycles. The SMILES string of the molecule is Cc1ccc(C(=O)N2CCC[C@@H](COc3ccc(C(=O)NC(C)C)cc3)C2)cc1C. The lowest BCUT2D eigenvalue weighted by Gasteiger charge is -2.33. The molecule has 5 heteroatoms. The van der Waals surface area contributed by atoms with Gasteiger partial charge < -0.3 is 15.0 Å². The summed E-state index contributed by atoms with van der Waals surface area (Å²) in [7, 11) is 0. The lowest BCUT2D eigenvalue weighted by atomic mass is 9.97. The molecule has 2 amide bonds. The first-order valence-corrected chi connectivity index (χ1v) is 10.7. The fourth-order valence-electron chi connectivity index (χ4n) is 3.70. The van der Waals surface area contributed by atoms with Crippen molar-refractivity contribution in [3.63, 3.8) is 0 Å². The molecule has 2 aromatic rings. The molecular formula is C25H32N2O3. The van der Waals surface area contributed by atoms with E-state index in [1.54, 1.807) is 12.1 Å². The molecule has 160 valence electrons. The van der Waals surface area contributed by atoms with E-state index in [1.807, 2.05) is 56.0 Å². The minimum absolute atomic E-state index is 0.0793. The van der Waals surface area contributed by atoms with Gasteiger partial charge in [-0.05, 0) is 88.1 Å². The first-order valence-electron chi connectivity index (χ1n) is 10.7. The number of nitrogens with one attached hydrogen (secondary N) is 1. The van der Waals surface area contributed by atoms with Crippen LogP contribution in [0.5, 0.6) is 5.75 Å². The third kappa shape index (κ3) is 5.62. The summed E-state index contributed by atoms with van der Waals surface area (Å²) in [4.78, 5) is 26.9. The van der Waals surface area contributed by atoms with Gasteiger partial charge in [-0.15, -0.1) is 0 Å². The number of ether oxygens (including phenoxy) is 1. The van der Waals surface area contributed by atoms with E-state index in [0.717, 1.165) is 36.3 Å². The monoisotopic (exact) mass is 408 g/mol. The van der Waals surface area contributed by atoms with Crippen LogP contribution in [0.4, 0.5) is 0 Å². The Kier molecular flexibility index (Phi) is 7.14. The molecule has 1 aliphatic rings. The number of piperidine rings is 1. The normalized spacial score (nSPS) is 16.4. The van der Waals surface area contributed by atoms with Crippen molar-refractivity contribution < 1.29 is 14.3 Å². The van der Waals surface area contributed by atoms with Gasteiger partial charge in [-0.3, -0.25) is 9.59 Å². The highest BCUT2D eigenvalue weighted by Gasteiger charge is 2.25. The van der Waals surface area contributed by atoms with Crippen molar-refractivity contribution in [3.05, 3.63) is 64.7 Å². The Morgan fingerprint density at radius 2 is 1.77 bits per heavy atom. The summed E-state index contributed by atoms with van der Waals surface area (Å²) in [5.74, 6) is 1.07. The Labute approximate surface area is 179 Å². The lowest BCUT2D eigenvalue weighted by molar-refractivity contribution is 0.0633. The van der Waals surface area contributed by atoms with Crippen LogP contribution in [-0.2, 0) is 0 Å². The van der Waals surface area contributed by atoms with Crippen LogP contribution in [0.25, 0.3) is 0 Å². The number of rotatable bonds is 6. The molecule has 2 aromatic carbocycles. The maximum Gasteiger partial charge on any atom is 0.253 e. The predicted molar refractivity (Wildman–Crippen MR) is 119 cm³/mol. The molecule has 0 aromatic heterocycles. The molecule has 0 unspecified atom stereocenters. The number of amides is 2. The molecular weight excluding hydrogens is 376 g/mol. The average molecular weight is 409 g/mol. The Hall–Kier alpha value is -2.82. The number of carbonyl (C=O) groups excluding carboxylic acids is 2. The maximum absolute atomic E-state index is 12.9. The molecule has 0 spiro atoms. The second-order valence-electron chi connectivity index (χ2n) is 8.52. The number of hydrogen-bond donors (Lipinski definition) is 1. The van der Waals surface area contributed by atoms with Crippen LogP contribution in [-0.4, -0.2) is 42.5 Å². The van der Waals surface area contributed by atoms with Gasteiger partial charge in [0.05, 0.1) is 6.61 Å². The van der Waals surface area contributed by atoms with Crippen LogP contribution in [0.2, 0.25) is 0 Å². The summed E-state index contributed by atoms with van der Waals surface area (Å²) in [5, 5.41) is 2.88. The summed E-state index contributed by atoms with van der Waals surface area (Å²) < 4.78 is 5.96.